The highest BCUT2D eigenvalue weighted by atomic mass is 16.5. The van der Waals surface area contributed by atoms with Crippen molar-refractivity contribution < 1.29 is 14.1 Å². The number of nitrogens with one attached hydrogen (secondary N) is 1. The number of piperidine rings is 1. The minimum atomic E-state index is -0.642. The number of nitrogens with zero attached hydrogens (tertiary/aromatic N) is 3. The topological polar surface area (TPSA) is 97.4 Å². The van der Waals surface area contributed by atoms with Gasteiger partial charge in [-0.1, -0.05) is 11.2 Å². The monoisotopic (exact) mass is 370 g/mol. The van der Waals surface area contributed by atoms with Gasteiger partial charge in [-0.15, -0.1) is 0 Å². The van der Waals surface area contributed by atoms with Crippen molar-refractivity contribution in [2.24, 2.45) is 5.92 Å². The summed E-state index contributed by atoms with van der Waals surface area (Å²) in [6.45, 7) is 4.62. The fourth-order valence-corrected chi connectivity index (χ4v) is 4.31. The molecule has 0 aromatic carbocycles. The summed E-state index contributed by atoms with van der Waals surface area (Å²) in [5, 5.41) is 6.67. The van der Waals surface area contributed by atoms with E-state index in [1.54, 1.807) is 28.5 Å². The predicted molar refractivity (Wildman–Crippen MR) is 95.9 cm³/mol. The Morgan fingerprint density at radius 2 is 2.15 bits per heavy atom. The number of aryl methyl sites for hydroxylation is 1. The second kappa shape index (κ2) is 6.68. The Morgan fingerprint density at radius 1 is 1.33 bits per heavy atom. The minimum absolute atomic E-state index is 0.00674. The Balaban J connectivity index is 1.65. The van der Waals surface area contributed by atoms with Gasteiger partial charge in [-0.2, -0.15) is 0 Å². The van der Waals surface area contributed by atoms with Gasteiger partial charge >= 0.3 is 0 Å². The molecular weight excluding hydrogens is 348 g/mol. The van der Waals surface area contributed by atoms with Crippen molar-refractivity contribution in [3.05, 3.63) is 51.8 Å². The van der Waals surface area contributed by atoms with Crippen molar-refractivity contribution >= 4 is 11.8 Å². The van der Waals surface area contributed by atoms with Crippen LogP contribution < -0.4 is 10.9 Å². The molecule has 0 radical (unpaired) electrons. The normalized spacial score (nSPS) is 23.6. The zero-order valence-corrected chi connectivity index (χ0v) is 15.3. The number of carbonyl (C=O) groups excluding carboxylic acids is 2. The van der Waals surface area contributed by atoms with E-state index >= 15 is 0 Å². The average Bonchev–Trinajstić information content (AvgIpc) is 3.06. The van der Waals surface area contributed by atoms with Crippen LogP contribution >= 0.6 is 0 Å². The lowest BCUT2D eigenvalue weighted by Crippen LogP contribution is -2.54. The standard InChI is InChI=1S/C19H22N4O4/c1-11-6-15(27-21-11)8-20-19(26)18-14-7-13(9-22(10-14)12(2)24)16-4-3-5-17(25)23(16)18/h3-6,13-14,18H,7-10H2,1-2H3,(H,20,26)/t13-,14+,18-/m1/s1. The van der Waals surface area contributed by atoms with E-state index in [1.165, 1.54) is 6.07 Å². The number of amides is 2. The SMILES string of the molecule is CC(=O)N1C[C@H]2C[C@@H](C1)[C@H](C(=O)NCc1cc(C)no1)n1c2cccc1=O. The molecule has 27 heavy (non-hydrogen) atoms. The van der Waals surface area contributed by atoms with Crippen molar-refractivity contribution in [2.45, 2.75) is 38.8 Å². The van der Waals surface area contributed by atoms with E-state index in [-0.39, 0.29) is 35.8 Å². The summed E-state index contributed by atoms with van der Waals surface area (Å²) < 4.78 is 6.75. The Hall–Kier alpha value is -2.90. The third-order valence-electron chi connectivity index (χ3n) is 5.47. The largest absolute Gasteiger partial charge is 0.359 e. The van der Waals surface area contributed by atoms with Crippen molar-refractivity contribution in [3.63, 3.8) is 0 Å². The Morgan fingerprint density at radius 3 is 2.85 bits per heavy atom. The molecule has 0 spiro atoms. The Kier molecular flexibility index (Phi) is 4.33. The van der Waals surface area contributed by atoms with Gasteiger partial charge in [0, 0.05) is 49.7 Å². The lowest BCUT2D eigenvalue weighted by atomic mass is 9.78. The molecule has 1 N–H and O–H groups in total. The first-order chi connectivity index (χ1) is 12.9. The van der Waals surface area contributed by atoms with E-state index in [1.807, 2.05) is 13.0 Å². The third kappa shape index (κ3) is 3.15. The highest BCUT2D eigenvalue weighted by Gasteiger charge is 2.44. The van der Waals surface area contributed by atoms with Crippen LogP contribution in [0.2, 0.25) is 0 Å². The van der Waals surface area contributed by atoms with E-state index < -0.39 is 6.04 Å². The molecule has 0 saturated carbocycles. The minimum Gasteiger partial charge on any atom is -0.359 e. The third-order valence-corrected chi connectivity index (χ3v) is 5.47. The number of rotatable bonds is 3. The molecule has 2 aliphatic heterocycles. The zero-order valence-electron chi connectivity index (χ0n) is 15.3. The molecule has 3 atom stereocenters. The molecule has 4 rings (SSSR count). The first-order valence-corrected chi connectivity index (χ1v) is 9.11. The van der Waals surface area contributed by atoms with Gasteiger partial charge in [0.05, 0.1) is 12.2 Å². The summed E-state index contributed by atoms with van der Waals surface area (Å²) in [6, 6.07) is 6.19. The van der Waals surface area contributed by atoms with Gasteiger partial charge < -0.3 is 14.7 Å². The quantitative estimate of drug-likeness (QED) is 0.868. The Labute approximate surface area is 156 Å². The van der Waals surface area contributed by atoms with Crippen LogP contribution in [0.4, 0.5) is 0 Å². The first kappa shape index (κ1) is 17.5. The van der Waals surface area contributed by atoms with Crippen molar-refractivity contribution in [1.29, 1.82) is 0 Å². The lowest BCUT2D eigenvalue weighted by molar-refractivity contribution is -0.135. The summed E-state index contributed by atoms with van der Waals surface area (Å²) in [5.74, 6) is 0.281. The first-order valence-electron chi connectivity index (χ1n) is 9.11. The van der Waals surface area contributed by atoms with Gasteiger partial charge in [0.15, 0.2) is 5.76 Å². The highest BCUT2D eigenvalue weighted by Crippen LogP contribution is 2.41. The van der Waals surface area contributed by atoms with Gasteiger partial charge in [0.25, 0.3) is 5.56 Å². The van der Waals surface area contributed by atoms with E-state index in [9.17, 15) is 14.4 Å². The van der Waals surface area contributed by atoms with Crippen LogP contribution in [0.15, 0.2) is 33.6 Å². The summed E-state index contributed by atoms with van der Waals surface area (Å²) in [6.07, 6.45) is 0.784. The van der Waals surface area contributed by atoms with Crippen molar-refractivity contribution in [1.82, 2.24) is 19.9 Å². The zero-order chi connectivity index (χ0) is 19.1. The van der Waals surface area contributed by atoms with Crippen molar-refractivity contribution in [2.75, 3.05) is 13.1 Å². The predicted octanol–water partition coefficient (Wildman–Crippen LogP) is 0.968. The maximum absolute atomic E-state index is 13.0. The van der Waals surface area contributed by atoms with Gasteiger partial charge in [-0.25, -0.2) is 0 Å². The summed E-state index contributed by atoms with van der Waals surface area (Å²) in [7, 11) is 0. The van der Waals surface area contributed by atoms with E-state index in [4.69, 9.17) is 4.52 Å². The van der Waals surface area contributed by atoms with E-state index in [0.29, 0.717) is 18.8 Å². The molecule has 2 bridgehead atoms. The van der Waals surface area contributed by atoms with Gasteiger partial charge in [0.2, 0.25) is 11.8 Å². The molecule has 2 aliphatic rings. The summed E-state index contributed by atoms with van der Waals surface area (Å²) in [4.78, 5) is 39.3. The molecule has 0 aliphatic carbocycles. The molecule has 142 valence electrons. The molecule has 8 nitrogen and oxygen atoms in total. The maximum Gasteiger partial charge on any atom is 0.251 e. The van der Waals surface area contributed by atoms with Gasteiger partial charge in [0.1, 0.15) is 6.04 Å². The van der Waals surface area contributed by atoms with Crippen LogP contribution in [0, 0.1) is 12.8 Å². The fraction of sp³-hybridized carbons (Fsp3) is 0.474. The second-order valence-electron chi connectivity index (χ2n) is 7.37. The molecule has 4 heterocycles. The molecule has 2 amide bonds. The number of likely N-dealkylation sites (tertiary alicyclic amines) is 1. The van der Waals surface area contributed by atoms with Crippen LogP contribution in [0.25, 0.3) is 0 Å². The molecular formula is C19H22N4O4. The average molecular weight is 370 g/mol. The van der Waals surface area contributed by atoms with E-state index in [2.05, 4.69) is 10.5 Å². The maximum atomic E-state index is 13.0. The smallest absolute Gasteiger partial charge is 0.251 e. The summed E-state index contributed by atoms with van der Waals surface area (Å²) >= 11 is 0. The van der Waals surface area contributed by atoms with Crippen LogP contribution in [-0.4, -0.2) is 39.5 Å². The van der Waals surface area contributed by atoms with Crippen LogP contribution in [0.5, 0.6) is 0 Å². The van der Waals surface area contributed by atoms with Crippen LogP contribution in [0.3, 0.4) is 0 Å². The highest BCUT2D eigenvalue weighted by molar-refractivity contribution is 5.81. The second-order valence-corrected chi connectivity index (χ2v) is 7.37. The van der Waals surface area contributed by atoms with Gasteiger partial charge in [-0.05, 0) is 19.4 Å². The van der Waals surface area contributed by atoms with Crippen molar-refractivity contribution in [3.8, 4) is 0 Å². The van der Waals surface area contributed by atoms with Crippen LogP contribution in [0.1, 0.15) is 42.5 Å². The molecule has 2 aromatic heterocycles. The Bertz CT molecular complexity index is 947. The number of hydrogen-bond acceptors (Lipinski definition) is 5. The van der Waals surface area contributed by atoms with E-state index in [0.717, 1.165) is 17.8 Å². The molecule has 0 unspecified atom stereocenters. The fourth-order valence-electron chi connectivity index (χ4n) is 4.31. The number of aromatic nitrogens is 2. The number of pyridine rings is 1. The molecule has 1 fully saturated rings. The number of fused-ring (bicyclic) bond motifs is 4. The summed E-state index contributed by atoms with van der Waals surface area (Å²) in [5.41, 5.74) is 1.38. The lowest BCUT2D eigenvalue weighted by Gasteiger charge is -2.46. The number of carbonyl (C=O) groups is 2. The molecule has 8 heteroatoms. The van der Waals surface area contributed by atoms with Crippen LogP contribution in [-0.2, 0) is 16.1 Å². The number of hydrogen-bond donors (Lipinski definition) is 1. The van der Waals surface area contributed by atoms with Gasteiger partial charge in [-0.3, -0.25) is 19.0 Å². The molecule has 2 aromatic rings. The molecule has 1 saturated heterocycles.